The maximum Gasteiger partial charge on any atom is 0.0874 e. The summed E-state index contributed by atoms with van der Waals surface area (Å²) in [7, 11) is 0. The van der Waals surface area contributed by atoms with Gasteiger partial charge >= 0.3 is 0 Å². The van der Waals surface area contributed by atoms with Gasteiger partial charge in [-0.05, 0) is 31.4 Å². The molecule has 3 nitrogen and oxygen atoms in total. The van der Waals surface area contributed by atoms with Crippen molar-refractivity contribution < 1.29 is 4.74 Å². The number of anilines is 1. The van der Waals surface area contributed by atoms with Crippen LogP contribution in [-0.2, 0) is 11.2 Å². The summed E-state index contributed by atoms with van der Waals surface area (Å²) in [5, 5.41) is 3.41. The van der Waals surface area contributed by atoms with Gasteiger partial charge in [-0.15, -0.1) is 0 Å². The maximum absolute atomic E-state index is 5.82. The van der Waals surface area contributed by atoms with Crippen molar-refractivity contribution in [1.82, 2.24) is 5.32 Å². The Balaban J connectivity index is 1.74. The van der Waals surface area contributed by atoms with Gasteiger partial charge in [-0.2, -0.15) is 0 Å². The van der Waals surface area contributed by atoms with Crippen LogP contribution in [-0.4, -0.2) is 38.9 Å². The molecule has 3 heteroatoms. The fourth-order valence-corrected chi connectivity index (χ4v) is 2.98. The summed E-state index contributed by atoms with van der Waals surface area (Å²) in [6, 6.07) is 6.83. The SMILES string of the molecule is Cc1ccc2c(c1)CCCN2CC1CNCCO1. The summed E-state index contributed by atoms with van der Waals surface area (Å²) in [5.74, 6) is 0. The molecule has 98 valence electrons. The van der Waals surface area contributed by atoms with Gasteiger partial charge in [-0.1, -0.05) is 17.7 Å². The van der Waals surface area contributed by atoms with E-state index in [1.807, 2.05) is 0 Å². The molecule has 0 aromatic heterocycles. The number of nitrogens with zero attached hydrogens (tertiary/aromatic N) is 1. The van der Waals surface area contributed by atoms with Crippen molar-refractivity contribution in [2.75, 3.05) is 37.7 Å². The Labute approximate surface area is 109 Å². The summed E-state index contributed by atoms with van der Waals surface area (Å²) in [6.07, 6.45) is 2.82. The Kier molecular flexibility index (Phi) is 3.52. The van der Waals surface area contributed by atoms with Crippen LogP contribution in [0.25, 0.3) is 0 Å². The van der Waals surface area contributed by atoms with Crippen LogP contribution in [0.15, 0.2) is 18.2 Å². The van der Waals surface area contributed by atoms with Gasteiger partial charge < -0.3 is 15.0 Å². The summed E-state index contributed by atoms with van der Waals surface area (Å²) in [5.41, 5.74) is 4.29. The topological polar surface area (TPSA) is 24.5 Å². The standard InChI is InChI=1S/C15H22N2O/c1-12-4-5-15-13(9-12)3-2-7-17(15)11-14-10-16-6-8-18-14/h4-5,9,14,16H,2-3,6-8,10-11H2,1H3. The van der Waals surface area contributed by atoms with Gasteiger partial charge in [0.15, 0.2) is 0 Å². The van der Waals surface area contributed by atoms with E-state index in [0.29, 0.717) is 6.10 Å². The quantitative estimate of drug-likeness (QED) is 0.860. The molecule has 2 aliphatic rings. The molecule has 1 saturated heterocycles. The minimum atomic E-state index is 0.339. The van der Waals surface area contributed by atoms with Gasteiger partial charge in [0.25, 0.3) is 0 Å². The van der Waals surface area contributed by atoms with Gasteiger partial charge in [0, 0.05) is 31.9 Å². The minimum absolute atomic E-state index is 0.339. The van der Waals surface area contributed by atoms with Gasteiger partial charge in [-0.25, -0.2) is 0 Å². The molecule has 0 bridgehead atoms. The zero-order valence-electron chi connectivity index (χ0n) is 11.1. The Bertz CT molecular complexity index is 413. The van der Waals surface area contributed by atoms with Crippen LogP contribution in [0.1, 0.15) is 17.5 Å². The molecule has 0 amide bonds. The number of nitrogens with one attached hydrogen (secondary N) is 1. The van der Waals surface area contributed by atoms with Crippen molar-refractivity contribution in [2.45, 2.75) is 25.9 Å². The molecule has 1 aromatic carbocycles. The number of rotatable bonds is 2. The first-order valence-electron chi connectivity index (χ1n) is 7.00. The van der Waals surface area contributed by atoms with Crippen molar-refractivity contribution in [3.63, 3.8) is 0 Å². The summed E-state index contributed by atoms with van der Waals surface area (Å²) >= 11 is 0. The van der Waals surface area contributed by atoms with E-state index in [0.717, 1.165) is 32.8 Å². The molecule has 0 aliphatic carbocycles. The summed E-state index contributed by atoms with van der Waals surface area (Å²) in [6.45, 7) is 7.18. The van der Waals surface area contributed by atoms with Crippen LogP contribution in [0.3, 0.4) is 0 Å². The highest BCUT2D eigenvalue weighted by Crippen LogP contribution is 2.28. The predicted molar refractivity (Wildman–Crippen MR) is 74.3 cm³/mol. The number of hydrogen-bond acceptors (Lipinski definition) is 3. The smallest absolute Gasteiger partial charge is 0.0874 e. The molecule has 1 unspecified atom stereocenters. The Hall–Kier alpha value is -1.06. The highest BCUT2D eigenvalue weighted by atomic mass is 16.5. The van der Waals surface area contributed by atoms with Crippen molar-refractivity contribution in [2.24, 2.45) is 0 Å². The van der Waals surface area contributed by atoms with Gasteiger partial charge in [0.1, 0.15) is 0 Å². The van der Waals surface area contributed by atoms with Crippen molar-refractivity contribution >= 4 is 5.69 Å². The monoisotopic (exact) mass is 246 g/mol. The van der Waals surface area contributed by atoms with E-state index in [4.69, 9.17) is 4.74 Å². The molecule has 1 fully saturated rings. The Morgan fingerprint density at radius 3 is 3.22 bits per heavy atom. The average Bonchev–Trinajstić information content (AvgIpc) is 2.40. The summed E-state index contributed by atoms with van der Waals surface area (Å²) in [4.78, 5) is 2.50. The number of aryl methyl sites for hydroxylation is 2. The van der Waals surface area contributed by atoms with Gasteiger partial charge in [0.2, 0.25) is 0 Å². The molecule has 0 spiro atoms. The second kappa shape index (κ2) is 5.29. The lowest BCUT2D eigenvalue weighted by Crippen LogP contribution is -2.46. The van der Waals surface area contributed by atoms with E-state index in [1.165, 1.54) is 29.7 Å². The highest BCUT2D eigenvalue weighted by molar-refractivity contribution is 5.56. The van der Waals surface area contributed by atoms with Crippen LogP contribution in [0, 0.1) is 6.92 Å². The zero-order chi connectivity index (χ0) is 12.4. The average molecular weight is 246 g/mol. The first kappa shape index (κ1) is 12.0. The van der Waals surface area contributed by atoms with Gasteiger partial charge in [0.05, 0.1) is 12.7 Å². The molecule has 3 rings (SSSR count). The third-order valence-corrected chi connectivity index (χ3v) is 3.88. The fourth-order valence-electron chi connectivity index (χ4n) is 2.98. The molecular weight excluding hydrogens is 224 g/mol. The predicted octanol–water partition coefficient (Wildman–Crippen LogP) is 1.74. The van der Waals surface area contributed by atoms with E-state index in [1.54, 1.807) is 0 Å². The van der Waals surface area contributed by atoms with Crippen LogP contribution in [0.2, 0.25) is 0 Å². The molecule has 0 saturated carbocycles. The first-order chi connectivity index (χ1) is 8.83. The molecule has 2 heterocycles. The number of morpholine rings is 1. The van der Waals surface area contributed by atoms with E-state index in [2.05, 4.69) is 35.3 Å². The molecular formula is C15H22N2O. The molecule has 1 aromatic rings. The number of fused-ring (bicyclic) bond motifs is 1. The van der Waals surface area contributed by atoms with Crippen molar-refractivity contribution in [1.29, 1.82) is 0 Å². The lowest BCUT2D eigenvalue weighted by atomic mass is 9.99. The Morgan fingerprint density at radius 2 is 2.39 bits per heavy atom. The first-order valence-corrected chi connectivity index (χ1v) is 7.00. The third-order valence-electron chi connectivity index (χ3n) is 3.88. The molecule has 1 N–H and O–H groups in total. The number of benzene rings is 1. The number of ether oxygens (including phenoxy) is 1. The normalized spacial score (nSPS) is 23.8. The van der Waals surface area contributed by atoms with Crippen LogP contribution < -0.4 is 10.2 Å². The van der Waals surface area contributed by atoms with E-state index < -0.39 is 0 Å². The minimum Gasteiger partial charge on any atom is -0.374 e. The lowest BCUT2D eigenvalue weighted by molar-refractivity contribution is 0.0332. The van der Waals surface area contributed by atoms with Crippen LogP contribution >= 0.6 is 0 Å². The third kappa shape index (κ3) is 2.52. The van der Waals surface area contributed by atoms with Crippen LogP contribution in [0.4, 0.5) is 5.69 Å². The summed E-state index contributed by atoms with van der Waals surface area (Å²) < 4.78 is 5.82. The van der Waals surface area contributed by atoms with E-state index in [-0.39, 0.29) is 0 Å². The fraction of sp³-hybridized carbons (Fsp3) is 0.600. The number of hydrogen-bond donors (Lipinski definition) is 1. The lowest BCUT2D eigenvalue weighted by Gasteiger charge is -2.35. The molecule has 18 heavy (non-hydrogen) atoms. The highest BCUT2D eigenvalue weighted by Gasteiger charge is 2.21. The van der Waals surface area contributed by atoms with E-state index >= 15 is 0 Å². The van der Waals surface area contributed by atoms with E-state index in [9.17, 15) is 0 Å². The second-order valence-electron chi connectivity index (χ2n) is 5.38. The van der Waals surface area contributed by atoms with Gasteiger partial charge in [-0.3, -0.25) is 0 Å². The largest absolute Gasteiger partial charge is 0.374 e. The molecule has 0 radical (unpaired) electrons. The second-order valence-corrected chi connectivity index (χ2v) is 5.38. The Morgan fingerprint density at radius 1 is 1.44 bits per heavy atom. The zero-order valence-corrected chi connectivity index (χ0v) is 11.1. The molecule has 1 atom stereocenters. The maximum atomic E-state index is 5.82. The van der Waals surface area contributed by atoms with Crippen molar-refractivity contribution in [3.8, 4) is 0 Å². The van der Waals surface area contributed by atoms with Crippen LogP contribution in [0.5, 0.6) is 0 Å². The van der Waals surface area contributed by atoms with Crippen molar-refractivity contribution in [3.05, 3.63) is 29.3 Å². The molecule has 2 aliphatic heterocycles.